The summed E-state index contributed by atoms with van der Waals surface area (Å²) in [5, 5.41) is 8.18. The third-order valence-corrected chi connectivity index (χ3v) is 4.56. The minimum absolute atomic E-state index is 0.558. The summed E-state index contributed by atoms with van der Waals surface area (Å²) < 4.78 is 7.58. The van der Waals surface area contributed by atoms with Gasteiger partial charge in [0.1, 0.15) is 11.4 Å². The van der Waals surface area contributed by atoms with Crippen molar-refractivity contribution in [2.75, 3.05) is 25.5 Å². The van der Waals surface area contributed by atoms with E-state index in [1.165, 1.54) is 31.4 Å². The summed E-state index contributed by atoms with van der Waals surface area (Å²) in [7, 11) is 1.71. The number of nitrogens with zero attached hydrogens (tertiary/aromatic N) is 2. The van der Waals surface area contributed by atoms with Gasteiger partial charge in [-0.1, -0.05) is 25.0 Å². The average molecular weight is 314 g/mol. The highest BCUT2D eigenvalue weighted by Gasteiger charge is 2.26. The van der Waals surface area contributed by atoms with Crippen molar-refractivity contribution in [3.8, 4) is 11.4 Å². The van der Waals surface area contributed by atoms with Gasteiger partial charge in [-0.15, -0.1) is 0 Å². The molecule has 5 nitrogen and oxygen atoms in total. The van der Waals surface area contributed by atoms with E-state index < -0.39 is 0 Å². The van der Waals surface area contributed by atoms with E-state index in [2.05, 4.69) is 21.2 Å². The Balaban J connectivity index is 1.98. The molecule has 0 spiro atoms. The van der Waals surface area contributed by atoms with E-state index in [9.17, 15) is 0 Å². The first-order valence-electron chi connectivity index (χ1n) is 8.50. The molecule has 23 heavy (non-hydrogen) atoms. The maximum Gasteiger partial charge on any atom is 0.144 e. The van der Waals surface area contributed by atoms with Crippen molar-refractivity contribution >= 4 is 5.69 Å². The lowest BCUT2D eigenvalue weighted by Gasteiger charge is -2.17. The van der Waals surface area contributed by atoms with Crippen molar-refractivity contribution in [1.82, 2.24) is 9.78 Å². The molecule has 0 saturated heterocycles. The first-order chi connectivity index (χ1) is 11.3. The van der Waals surface area contributed by atoms with Gasteiger partial charge >= 0.3 is 0 Å². The van der Waals surface area contributed by atoms with Gasteiger partial charge in [0.15, 0.2) is 0 Å². The number of rotatable bonds is 7. The fourth-order valence-electron chi connectivity index (χ4n) is 3.41. The smallest absolute Gasteiger partial charge is 0.144 e. The highest BCUT2D eigenvalue weighted by Crippen LogP contribution is 2.39. The van der Waals surface area contributed by atoms with Crippen LogP contribution in [-0.2, 0) is 0 Å². The Hall–Kier alpha value is -2.01. The van der Waals surface area contributed by atoms with Crippen LogP contribution in [-0.4, -0.2) is 30.0 Å². The largest absolute Gasteiger partial charge is 0.494 e. The van der Waals surface area contributed by atoms with Gasteiger partial charge in [-0.05, 0) is 37.9 Å². The molecule has 0 aliphatic heterocycles. The van der Waals surface area contributed by atoms with Crippen LogP contribution in [0.2, 0.25) is 0 Å². The molecular weight excluding hydrogens is 288 g/mol. The zero-order valence-electron chi connectivity index (χ0n) is 13.8. The lowest BCUT2D eigenvalue weighted by molar-refractivity contribution is 0.411. The monoisotopic (exact) mass is 314 g/mol. The third kappa shape index (κ3) is 3.34. The van der Waals surface area contributed by atoms with E-state index >= 15 is 0 Å². The van der Waals surface area contributed by atoms with Gasteiger partial charge in [0.25, 0.3) is 0 Å². The number of nitrogens with two attached hydrogens (primary N) is 1. The van der Waals surface area contributed by atoms with E-state index in [1.54, 1.807) is 7.11 Å². The standard InChI is InChI=1S/C18H26N4O/c1-23-17-10-5-4-9-16(17)22-18(14-7-2-3-8-14)15(13-21-22)20-12-6-11-19/h4-5,9-10,13-14,20H,2-3,6-8,11-12,19H2,1H3. The van der Waals surface area contributed by atoms with Gasteiger partial charge in [0.2, 0.25) is 0 Å². The molecule has 1 aliphatic carbocycles. The van der Waals surface area contributed by atoms with E-state index in [4.69, 9.17) is 10.5 Å². The molecule has 2 aromatic rings. The van der Waals surface area contributed by atoms with E-state index in [-0.39, 0.29) is 0 Å². The number of hydrogen-bond donors (Lipinski definition) is 2. The van der Waals surface area contributed by atoms with Crippen LogP contribution in [0.4, 0.5) is 5.69 Å². The second-order valence-electron chi connectivity index (χ2n) is 6.08. The molecule has 1 fully saturated rings. The zero-order valence-corrected chi connectivity index (χ0v) is 13.8. The van der Waals surface area contributed by atoms with Gasteiger partial charge in [0.05, 0.1) is 24.7 Å². The van der Waals surface area contributed by atoms with E-state index in [0.29, 0.717) is 12.5 Å². The number of methoxy groups -OCH3 is 1. The molecule has 0 radical (unpaired) electrons. The summed E-state index contributed by atoms with van der Waals surface area (Å²) in [6.45, 7) is 1.58. The van der Waals surface area contributed by atoms with Crippen molar-refractivity contribution in [1.29, 1.82) is 0 Å². The molecule has 1 heterocycles. The molecule has 1 aliphatic rings. The molecule has 1 saturated carbocycles. The first kappa shape index (κ1) is 15.9. The fourth-order valence-corrected chi connectivity index (χ4v) is 3.41. The lowest BCUT2D eigenvalue weighted by Crippen LogP contribution is -2.12. The van der Waals surface area contributed by atoms with Crippen molar-refractivity contribution < 1.29 is 4.74 Å². The van der Waals surface area contributed by atoms with Crippen LogP contribution in [0.25, 0.3) is 5.69 Å². The molecule has 124 valence electrons. The van der Waals surface area contributed by atoms with Gasteiger partial charge < -0.3 is 15.8 Å². The molecule has 0 amide bonds. The zero-order chi connectivity index (χ0) is 16.1. The Kier molecular flexibility index (Phi) is 5.18. The molecular formula is C18H26N4O. The lowest BCUT2D eigenvalue weighted by atomic mass is 10.0. The molecule has 3 N–H and O–H groups in total. The Bertz CT molecular complexity index is 632. The maximum atomic E-state index is 5.61. The number of ether oxygens (including phenoxy) is 1. The second-order valence-corrected chi connectivity index (χ2v) is 6.08. The van der Waals surface area contributed by atoms with Gasteiger partial charge in [-0.25, -0.2) is 4.68 Å². The highest BCUT2D eigenvalue weighted by molar-refractivity contribution is 5.55. The van der Waals surface area contributed by atoms with Gasteiger partial charge in [-0.3, -0.25) is 0 Å². The minimum Gasteiger partial charge on any atom is -0.494 e. The van der Waals surface area contributed by atoms with Crippen molar-refractivity contribution in [2.24, 2.45) is 5.73 Å². The number of para-hydroxylation sites is 2. The Morgan fingerprint density at radius 1 is 1.30 bits per heavy atom. The van der Waals surface area contributed by atoms with Crippen molar-refractivity contribution in [3.05, 3.63) is 36.2 Å². The van der Waals surface area contributed by atoms with Gasteiger partial charge in [-0.2, -0.15) is 5.10 Å². The number of anilines is 1. The van der Waals surface area contributed by atoms with Crippen LogP contribution in [0.1, 0.15) is 43.7 Å². The highest BCUT2D eigenvalue weighted by atomic mass is 16.5. The van der Waals surface area contributed by atoms with Crippen molar-refractivity contribution in [2.45, 2.75) is 38.0 Å². The summed E-state index contributed by atoms with van der Waals surface area (Å²) in [4.78, 5) is 0. The summed E-state index contributed by atoms with van der Waals surface area (Å²) in [5.41, 5.74) is 9.03. The summed E-state index contributed by atoms with van der Waals surface area (Å²) in [6.07, 6.45) is 7.95. The molecule has 1 aromatic carbocycles. The number of nitrogens with one attached hydrogen (secondary N) is 1. The number of hydrogen-bond acceptors (Lipinski definition) is 4. The molecule has 3 rings (SSSR count). The van der Waals surface area contributed by atoms with Crippen LogP contribution in [0.15, 0.2) is 30.5 Å². The van der Waals surface area contributed by atoms with E-state index in [0.717, 1.165) is 30.1 Å². The van der Waals surface area contributed by atoms with Crippen LogP contribution in [0, 0.1) is 0 Å². The Labute approximate surface area is 137 Å². The number of aromatic nitrogens is 2. The van der Waals surface area contributed by atoms with Crippen LogP contribution >= 0.6 is 0 Å². The molecule has 0 unspecified atom stereocenters. The Morgan fingerprint density at radius 3 is 2.83 bits per heavy atom. The van der Waals surface area contributed by atoms with Crippen molar-refractivity contribution in [3.63, 3.8) is 0 Å². The average Bonchev–Trinajstić information content (AvgIpc) is 3.24. The van der Waals surface area contributed by atoms with Crippen LogP contribution in [0.3, 0.4) is 0 Å². The molecule has 0 bridgehead atoms. The van der Waals surface area contributed by atoms with Crippen LogP contribution < -0.4 is 15.8 Å². The quantitative estimate of drug-likeness (QED) is 0.770. The minimum atomic E-state index is 0.558. The molecule has 5 heteroatoms. The topological polar surface area (TPSA) is 65.1 Å². The normalized spacial score (nSPS) is 15.0. The summed E-state index contributed by atoms with van der Waals surface area (Å²) in [5.74, 6) is 1.41. The van der Waals surface area contributed by atoms with E-state index in [1.807, 2.05) is 24.4 Å². The fraction of sp³-hybridized carbons (Fsp3) is 0.500. The molecule has 1 aromatic heterocycles. The Morgan fingerprint density at radius 2 is 2.09 bits per heavy atom. The predicted octanol–water partition coefficient (Wildman–Crippen LogP) is 3.30. The predicted molar refractivity (Wildman–Crippen MR) is 93.5 cm³/mol. The third-order valence-electron chi connectivity index (χ3n) is 4.56. The second kappa shape index (κ2) is 7.51. The summed E-state index contributed by atoms with van der Waals surface area (Å²) in [6, 6.07) is 8.06. The van der Waals surface area contributed by atoms with Crippen LogP contribution in [0.5, 0.6) is 5.75 Å². The maximum absolute atomic E-state index is 5.61. The summed E-state index contributed by atoms with van der Waals surface area (Å²) >= 11 is 0. The SMILES string of the molecule is COc1ccccc1-n1ncc(NCCCN)c1C1CCCC1. The molecule has 0 atom stereocenters. The first-order valence-corrected chi connectivity index (χ1v) is 8.50. The number of benzene rings is 1. The van der Waals surface area contributed by atoms with Gasteiger partial charge in [0, 0.05) is 12.5 Å².